The molecule has 2 aliphatic rings. The van der Waals surface area contributed by atoms with Gasteiger partial charge >= 0.3 is 12.2 Å². The van der Waals surface area contributed by atoms with Gasteiger partial charge in [-0.3, -0.25) is 15.0 Å². The number of nitrogens with one attached hydrogen (secondary N) is 2. The van der Waals surface area contributed by atoms with Gasteiger partial charge in [-0.2, -0.15) is 4.68 Å². The van der Waals surface area contributed by atoms with Crippen LogP contribution in [0.1, 0.15) is 27.9 Å². The second kappa shape index (κ2) is 11.2. The number of fused-ring (bicyclic) bond motifs is 3. The van der Waals surface area contributed by atoms with E-state index in [0.717, 1.165) is 15.8 Å². The van der Waals surface area contributed by atoms with Gasteiger partial charge in [-0.15, -0.1) is 5.10 Å². The summed E-state index contributed by atoms with van der Waals surface area (Å²) in [5.41, 5.74) is 7.72. The number of methoxy groups -OCH3 is 1. The summed E-state index contributed by atoms with van der Waals surface area (Å²) in [6.07, 6.45) is -1.73. The number of anilines is 2. The fraction of sp³-hybridized carbons (Fsp3) is 0.267. The summed E-state index contributed by atoms with van der Waals surface area (Å²) in [7, 11) is 1.22. The lowest BCUT2D eigenvalue weighted by atomic mass is 9.90. The van der Waals surface area contributed by atoms with Gasteiger partial charge in [0.2, 0.25) is 0 Å². The van der Waals surface area contributed by atoms with E-state index >= 15 is 0 Å². The topological polar surface area (TPSA) is 161 Å². The Labute approximate surface area is 251 Å². The number of ether oxygens (including phenoxy) is 2. The summed E-state index contributed by atoms with van der Waals surface area (Å²) in [4.78, 5) is 40.1. The number of nitrogens with two attached hydrogens (primary N) is 1. The first-order valence-electron chi connectivity index (χ1n) is 13.6. The van der Waals surface area contributed by atoms with Crippen LogP contribution in [-0.4, -0.2) is 70.3 Å². The number of benzene rings is 3. The molecule has 1 spiro atoms. The Hall–Kier alpha value is -4.65. The molecule has 3 atom stereocenters. The van der Waals surface area contributed by atoms with E-state index in [9.17, 15) is 19.5 Å². The van der Waals surface area contributed by atoms with Crippen molar-refractivity contribution in [3.8, 4) is 0 Å². The highest BCUT2D eigenvalue weighted by Crippen LogP contribution is 2.44. The van der Waals surface area contributed by atoms with E-state index in [1.807, 2.05) is 30.3 Å². The Bertz CT molecular complexity index is 1730. The van der Waals surface area contributed by atoms with Crippen LogP contribution in [-0.2, 0) is 21.5 Å². The van der Waals surface area contributed by atoms with Crippen LogP contribution in [0.15, 0.2) is 66.7 Å². The molecule has 4 aromatic rings. The zero-order chi connectivity index (χ0) is 30.3. The highest BCUT2D eigenvalue weighted by atomic mass is 35.5. The third-order valence-corrected chi connectivity index (χ3v) is 8.16. The maximum atomic E-state index is 13.6. The Morgan fingerprint density at radius 3 is 2.77 bits per heavy atom. The van der Waals surface area contributed by atoms with Crippen LogP contribution in [0.25, 0.3) is 10.9 Å². The number of carbonyl (C=O) groups excluding carboxylic acids is 3. The van der Waals surface area contributed by atoms with Crippen molar-refractivity contribution in [1.82, 2.24) is 20.0 Å². The van der Waals surface area contributed by atoms with Gasteiger partial charge in [0.1, 0.15) is 6.23 Å². The second-order valence-electron chi connectivity index (χ2n) is 10.6. The van der Waals surface area contributed by atoms with Crippen LogP contribution in [0.5, 0.6) is 0 Å². The number of amides is 2. The van der Waals surface area contributed by atoms with Gasteiger partial charge in [-0.25, -0.2) is 9.59 Å². The van der Waals surface area contributed by atoms with E-state index in [0.29, 0.717) is 41.0 Å². The molecular weight excluding hydrogens is 576 g/mol. The number of likely N-dealkylation sites (tertiary alicyclic amines) is 1. The lowest BCUT2D eigenvalue weighted by Crippen LogP contribution is -2.53. The molecule has 0 radical (unpaired) electrons. The first-order chi connectivity index (χ1) is 20.7. The molecule has 1 aromatic heterocycles. The molecule has 5 N–H and O–H groups in total. The molecule has 0 aliphatic carbocycles. The molecule has 3 aromatic carbocycles. The molecule has 1 unspecified atom stereocenters. The Morgan fingerprint density at radius 1 is 1.21 bits per heavy atom. The maximum Gasteiger partial charge on any atom is 0.435 e. The van der Waals surface area contributed by atoms with Crippen LogP contribution in [0.2, 0.25) is 5.02 Å². The highest BCUT2D eigenvalue weighted by Gasteiger charge is 2.49. The molecule has 6 rings (SSSR count). The van der Waals surface area contributed by atoms with Crippen LogP contribution in [0, 0.1) is 0 Å². The normalized spacial score (nSPS) is 19.4. The molecule has 13 heteroatoms. The number of aromatic nitrogens is 2. The van der Waals surface area contributed by atoms with Crippen molar-refractivity contribution in [1.29, 1.82) is 0 Å². The predicted molar refractivity (Wildman–Crippen MR) is 159 cm³/mol. The summed E-state index contributed by atoms with van der Waals surface area (Å²) in [6.45, 7) is 0.588. The van der Waals surface area contributed by atoms with Crippen LogP contribution < -0.4 is 16.4 Å². The second-order valence-corrected chi connectivity index (χ2v) is 11.0. The molecule has 0 bridgehead atoms. The monoisotopic (exact) mass is 604 g/mol. The third-order valence-electron chi connectivity index (χ3n) is 7.93. The molecule has 2 amide bonds. The van der Waals surface area contributed by atoms with E-state index in [4.69, 9.17) is 26.8 Å². The van der Waals surface area contributed by atoms with Crippen molar-refractivity contribution in [3.05, 3.63) is 88.4 Å². The number of hydrogen-bond acceptors (Lipinski definition) is 9. The lowest BCUT2D eigenvalue weighted by molar-refractivity contribution is -0.0360. The quantitative estimate of drug-likeness (QED) is 0.257. The molecule has 1 saturated heterocycles. The molecule has 43 heavy (non-hydrogen) atoms. The predicted octanol–water partition coefficient (Wildman–Crippen LogP) is 3.71. The first kappa shape index (κ1) is 28.5. The fourth-order valence-corrected chi connectivity index (χ4v) is 5.99. The summed E-state index contributed by atoms with van der Waals surface area (Å²) in [5, 5.41) is 22.4. The molecule has 1 fully saturated rings. The van der Waals surface area contributed by atoms with E-state index in [-0.39, 0.29) is 17.9 Å². The Kier molecular flexibility index (Phi) is 7.42. The summed E-state index contributed by atoms with van der Waals surface area (Å²) in [5.74, 6) is -0.355. The number of nitrogens with zero attached hydrogens (tertiary/aromatic N) is 3. The van der Waals surface area contributed by atoms with E-state index in [2.05, 4.69) is 15.7 Å². The van der Waals surface area contributed by atoms with Crippen molar-refractivity contribution in [2.45, 2.75) is 30.7 Å². The highest BCUT2D eigenvalue weighted by molar-refractivity contribution is 6.30. The van der Waals surface area contributed by atoms with Gasteiger partial charge in [-0.1, -0.05) is 41.9 Å². The minimum atomic E-state index is -1.14. The molecular formula is C30H29ClN6O6. The number of carbonyl (C=O) groups is 3. The SMILES string of the molecule is COC(=O)n1nc(N)c2ccc(C(=O)N[C@@H](Cc3ccccc3)C(O)N3CC[C@@]4(C3)OC(=O)Nc3ccc(Cl)cc34)cc21. The van der Waals surface area contributed by atoms with Crippen molar-refractivity contribution in [3.63, 3.8) is 0 Å². The number of aliphatic hydroxyl groups is 1. The van der Waals surface area contributed by atoms with Crippen molar-refractivity contribution in [2.24, 2.45) is 0 Å². The van der Waals surface area contributed by atoms with Gasteiger partial charge in [0.05, 0.1) is 24.4 Å². The van der Waals surface area contributed by atoms with Crippen LogP contribution in [0.4, 0.5) is 21.1 Å². The maximum absolute atomic E-state index is 13.6. The fourth-order valence-electron chi connectivity index (χ4n) is 5.82. The number of nitrogen functional groups attached to an aromatic ring is 1. The van der Waals surface area contributed by atoms with Crippen molar-refractivity contribution in [2.75, 3.05) is 31.2 Å². The van der Waals surface area contributed by atoms with Gasteiger partial charge in [0.15, 0.2) is 11.4 Å². The third kappa shape index (κ3) is 5.36. The number of hydrogen-bond donors (Lipinski definition) is 4. The van der Waals surface area contributed by atoms with Crippen molar-refractivity contribution < 1.29 is 29.0 Å². The molecule has 12 nitrogen and oxygen atoms in total. The number of halogens is 1. The zero-order valence-electron chi connectivity index (χ0n) is 23.1. The zero-order valence-corrected chi connectivity index (χ0v) is 23.9. The minimum Gasteiger partial charge on any atom is -0.451 e. The summed E-state index contributed by atoms with van der Waals surface area (Å²) < 4.78 is 11.6. The van der Waals surface area contributed by atoms with Gasteiger partial charge in [0, 0.05) is 41.0 Å². The minimum absolute atomic E-state index is 0.120. The van der Waals surface area contributed by atoms with E-state index in [1.54, 1.807) is 35.2 Å². The molecule has 2 aliphatic heterocycles. The number of rotatable bonds is 6. The first-order valence-corrected chi connectivity index (χ1v) is 14.0. The summed E-state index contributed by atoms with van der Waals surface area (Å²) >= 11 is 6.29. The molecule has 0 saturated carbocycles. The average molecular weight is 605 g/mol. The van der Waals surface area contributed by atoms with Gasteiger partial charge in [0.25, 0.3) is 5.91 Å². The van der Waals surface area contributed by atoms with Crippen molar-refractivity contribution >= 4 is 52.1 Å². The van der Waals surface area contributed by atoms with Gasteiger partial charge < -0.3 is 25.6 Å². The van der Waals surface area contributed by atoms with Crippen LogP contribution >= 0.6 is 11.6 Å². The molecule has 222 valence electrons. The lowest BCUT2D eigenvalue weighted by Gasteiger charge is -2.37. The van der Waals surface area contributed by atoms with Gasteiger partial charge in [-0.05, 0) is 48.4 Å². The van der Waals surface area contributed by atoms with E-state index < -0.39 is 36.0 Å². The van der Waals surface area contributed by atoms with Crippen LogP contribution in [0.3, 0.4) is 0 Å². The Balaban J connectivity index is 1.28. The van der Waals surface area contributed by atoms with E-state index in [1.165, 1.54) is 13.2 Å². The smallest absolute Gasteiger partial charge is 0.435 e. The Morgan fingerprint density at radius 2 is 2.00 bits per heavy atom. The number of aliphatic hydroxyl groups excluding tert-OH is 1. The standard InChI is InChI=1S/C30H29ClN6O6/c1-42-29(41)37-24-14-18(7-9-20(24)25(32)35-37)26(38)33-23(13-17-5-3-2-4-6-17)27(39)36-12-11-30(16-36)21-15-19(31)8-10-22(21)34-28(40)43-30/h2-10,14-15,23,27,39H,11-13,16H2,1H3,(H2,32,35)(H,33,38)(H,34,40)/t23-,27?,30-/m0/s1. The summed E-state index contributed by atoms with van der Waals surface area (Å²) in [6, 6.07) is 18.6. The average Bonchev–Trinajstić information content (AvgIpc) is 3.58. The molecule has 3 heterocycles. The largest absolute Gasteiger partial charge is 0.451 e.